The Morgan fingerprint density at radius 3 is 2.83 bits per heavy atom. The summed E-state index contributed by atoms with van der Waals surface area (Å²) < 4.78 is 5.38. The molecule has 0 radical (unpaired) electrons. The Morgan fingerprint density at radius 2 is 2.17 bits per heavy atom. The lowest BCUT2D eigenvalue weighted by atomic mass is 9.96. The number of amides is 1. The lowest BCUT2D eigenvalue weighted by Crippen LogP contribution is -2.24. The molecule has 1 atom stereocenters. The molecular formula is C17H20ClN3O2. The Balaban J connectivity index is 1.71. The summed E-state index contributed by atoms with van der Waals surface area (Å²) in [6, 6.07) is 7.57. The minimum Gasteiger partial charge on any atom is -0.339 e. The van der Waals surface area contributed by atoms with Crippen LogP contribution in [0.25, 0.3) is 0 Å². The molecule has 1 saturated heterocycles. The van der Waals surface area contributed by atoms with Crippen LogP contribution in [0.15, 0.2) is 28.8 Å². The number of likely N-dealkylation sites (tertiary alicyclic amines) is 1. The van der Waals surface area contributed by atoms with Crippen molar-refractivity contribution in [2.24, 2.45) is 0 Å². The van der Waals surface area contributed by atoms with E-state index in [0.717, 1.165) is 5.56 Å². The monoisotopic (exact) mass is 333 g/mol. The van der Waals surface area contributed by atoms with Gasteiger partial charge in [-0.2, -0.15) is 4.98 Å². The standard InChI is InChI=1S/C17H20ClN3O2/c1-17(2,3)16-19-15(23-20-16)12-8-14(22)21(10-12)9-11-5-4-6-13(18)7-11/h4-7,12H,8-10H2,1-3H3. The lowest BCUT2D eigenvalue weighted by Gasteiger charge is -2.16. The van der Waals surface area contributed by atoms with Crippen LogP contribution in [0.4, 0.5) is 0 Å². The molecule has 1 aliphatic heterocycles. The summed E-state index contributed by atoms with van der Waals surface area (Å²) >= 11 is 6.00. The molecule has 122 valence electrons. The van der Waals surface area contributed by atoms with Crippen molar-refractivity contribution in [1.82, 2.24) is 15.0 Å². The molecule has 1 aliphatic rings. The number of carbonyl (C=O) groups is 1. The van der Waals surface area contributed by atoms with E-state index in [9.17, 15) is 4.79 Å². The van der Waals surface area contributed by atoms with Crippen LogP contribution >= 0.6 is 11.6 Å². The van der Waals surface area contributed by atoms with Gasteiger partial charge in [0.1, 0.15) is 0 Å². The summed E-state index contributed by atoms with van der Waals surface area (Å²) in [5.74, 6) is 1.29. The van der Waals surface area contributed by atoms with E-state index in [-0.39, 0.29) is 17.2 Å². The third kappa shape index (κ3) is 3.55. The minimum absolute atomic E-state index is 0.0368. The zero-order valence-corrected chi connectivity index (χ0v) is 14.3. The predicted molar refractivity (Wildman–Crippen MR) is 87.2 cm³/mol. The molecule has 1 aromatic heterocycles. The lowest BCUT2D eigenvalue weighted by molar-refractivity contribution is -0.128. The van der Waals surface area contributed by atoms with Crippen molar-refractivity contribution in [3.8, 4) is 0 Å². The average molecular weight is 334 g/mol. The Kier molecular flexibility index (Phi) is 4.15. The summed E-state index contributed by atoms with van der Waals surface area (Å²) in [4.78, 5) is 18.5. The summed E-state index contributed by atoms with van der Waals surface area (Å²) in [6.45, 7) is 7.25. The van der Waals surface area contributed by atoms with Gasteiger partial charge in [-0.25, -0.2) is 0 Å². The highest BCUT2D eigenvalue weighted by Crippen LogP contribution is 2.30. The van der Waals surface area contributed by atoms with E-state index in [2.05, 4.69) is 10.1 Å². The molecule has 2 heterocycles. The first-order valence-corrected chi connectivity index (χ1v) is 8.07. The Labute approximate surface area is 140 Å². The van der Waals surface area contributed by atoms with Crippen molar-refractivity contribution in [3.63, 3.8) is 0 Å². The predicted octanol–water partition coefficient (Wildman–Crippen LogP) is 3.54. The fourth-order valence-electron chi connectivity index (χ4n) is 2.65. The van der Waals surface area contributed by atoms with E-state index in [1.165, 1.54) is 0 Å². The molecule has 0 spiro atoms. The number of hydrogen-bond donors (Lipinski definition) is 0. The highest BCUT2D eigenvalue weighted by molar-refractivity contribution is 6.30. The number of hydrogen-bond acceptors (Lipinski definition) is 4. The number of rotatable bonds is 3. The molecule has 0 bridgehead atoms. The van der Waals surface area contributed by atoms with Crippen LogP contribution in [-0.4, -0.2) is 27.5 Å². The van der Waals surface area contributed by atoms with Crippen molar-refractivity contribution in [2.45, 2.75) is 45.1 Å². The van der Waals surface area contributed by atoms with Gasteiger partial charge < -0.3 is 9.42 Å². The first-order valence-electron chi connectivity index (χ1n) is 7.69. The van der Waals surface area contributed by atoms with Crippen LogP contribution in [0, 0.1) is 0 Å². The third-order valence-corrected chi connectivity index (χ3v) is 4.17. The molecule has 2 aromatic rings. The summed E-state index contributed by atoms with van der Waals surface area (Å²) in [5.41, 5.74) is 0.859. The van der Waals surface area contributed by atoms with Crippen LogP contribution in [0.3, 0.4) is 0 Å². The van der Waals surface area contributed by atoms with Crippen LogP contribution in [-0.2, 0) is 16.8 Å². The second-order valence-electron chi connectivity index (χ2n) is 7.01. The van der Waals surface area contributed by atoms with Gasteiger partial charge >= 0.3 is 0 Å². The SMILES string of the molecule is CC(C)(C)c1noc(C2CC(=O)N(Cc3cccc(Cl)c3)C2)n1. The molecule has 3 rings (SSSR count). The van der Waals surface area contributed by atoms with E-state index in [0.29, 0.717) is 36.2 Å². The topological polar surface area (TPSA) is 59.2 Å². The molecule has 1 amide bonds. The van der Waals surface area contributed by atoms with Crippen molar-refractivity contribution in [3.05, 3.63) is 46.6 Å². The molecular weight excluding hydrogens is 314 g/mol. The fourth-order valence-corrected chi connectivity index (χ4v) is 2.86. The second kappa shape index (κ2) is 5.96. The van der Waals surface area contributed by atoms with Crippen molar-refractivity contribution >= 4 is 17.5 Å². The van der Waals surface area contributed by atoms with Gasteiger partial charge in [-0.15, -0.1) is 0 Å². The van der Waals surface area contributed by atoms with Crippen molar-refractivity contribution in [1.29, 1.82) is 0 Å². The number of aromatic nitrogens is 2. The minimum atomic E-state index is -0.162. The molecule has 0 saturated carbocycles. The number of benzene rings is 1. The van der Waals surface area contributed by atoms with Gasteiger partial charge in [0.25, 0.3) is 0 Å². The van der Waals surface area contributed by atoms with Gasteiger partial charge in [0, 0.05) is 29.9 Å². The van der Waals surface area contributed by atoms with Gasteiger partial charge in [-0.05, 0) is 17.7 Å². The maximum Gasteiger partial charge on any atom is 0.232 e. The molecule has 1 unspecified atom stereocenters. The van der Waals surface area contributed by atoms with Crippen LogP contribution in [0.1, 0.15) is 50.4 Å². The van der Waals surface area contributed by atoms with Gasteiger partial charge in [0.05, 0.1) is 5.92 Å². The van der Waals surface area contributed by atoms with Crippen LogP contribution in [0.5, 0.6) is 0 Å². The second-order valence-corrected chi connectivity index (χ2v) is 7.45. The first-order chi connectivity index (χ1) is 10.8. The smallest absolute Gasteiger partial charge is 0.232 e. The normalized spacial score (nSPS) is 18.7. The van der Waals surface area contributed by atoms with Crippen molar-refractivity contribution < 1.29 is 9.32 Å². The molecule has 0 aliphatic carbocycles. The van der Waals surface area contributed by atoms with Crippen LogP contribution < -0.4 is 0 Å². The number of carbonyl (C=O) groups excluding carboxylic acids is 1. The van der Waals surface area contributed by atoms with Gasteiger partial charge in [-0.1, -0.05) is 49.7 Å². The zero-order valence-electron chi connectivity index (χ0n) is 13.5. The summed E-state index contributed by atoms with van der Waals surface area (Å²) in [7, 11) is 0. The Hall–Kier alpha value is -1.88. The molecule has 23 heavy (non-hydrogen) atoms. The van der Waals surface area contributed by atoms with Gasteiger partial charge in [-0.3, -0.25) is 4.79 Å². The van der Waals surface area contributed by atoms with E-state index >= 15 is 0 Å². The highest BCUT2D eigenvalue weighted by Gasteiger charge is 2.35. The van der Waals surface area contributed by atoms with Gasteiger partial charge in [0.2, 0.25) is 11.8 Å². The summed E-state index contributed by atoms with van der Waals surface area (Å²) in [6.07, 6.45) is 0.409. The Morgan fingerprint density at radius 1 is 1.39 bits per heavy atom. The fraction of sp³-hybridized carbons (Fsp3) is 0.471. The number of halogens is 1. The molecule has 1 aromatic carbocycles. The van der Waals surface area contributed by atoms with Gasteiger partial charge in [0.15, 0.2) is 5.82 Å². The maximum absolute atomic E-state index is 12.3. The third-order valence-electron chi connectivity index (χ3n) is 3.94. The van der Waals surface area contributed by atoms with E-state index in [4.69, 9.17) is 16.1 Å². The van der Waals surface area contributed by atoms with E-state index < -0.39 is 0 Å². The largest absolute Gasteiger partial charge is 0.339 e. The molecule has 6 heteroatoms. The molecule has 5 nitrogen and oxygen atoms in total. The van der Waals surface area contributed by atoms with Crippen LogP contribution in [0.2, 0.25) is 5.02 Å². The quantitative estimate of drug-likeness (QED) is 0.862. The van der Waals surface area contributed by atoms with Crippen molar-refractivity contribution in [2.75, 3.05) is 6.54 Å². The average Bonchev–Trinajstić information content (AvgIpc) is 3.06. The Bertz CT molecular complexity index is 721. The molecule has 0 N–H and O–H groups in total. The zero-order chi connectivity index (χ0) is 16.6. The van der Waals surface area contributed by atoms with E-state index in [1.54, 1.807) is 0 Å². The number of nitrogens with zero attached hydrogens (tertiary/aromatic N) is 3. The highest BCUT2D eigenvalue weighted by atomic mass is 35.5. The maximum atomic E-state index is 12.3. The van der Waals surface area contributed by atoms with E-state index in [1.807, 2.05) is 49.9 Å². The molecule has 1 fully saturated rings. The first kappa shape index (κ1) is 16.0. The summed E-state index contributed by atoms with van der Waals surface area (Å²) in [5, 5.41) is 4.72.